The van der Waals surface area contributed by atoms with Crippen molar-refractivity contribution < 1.29 is 31.9 Å². The van der Waals surface area contributed by atoms with Gasteiger partial charge in [0.2, 0.25) is 10.0 Å². The molecular formula is C22H25FN2O6S. The quantitative estimate of drug-likeness (QED) is 0.601. The van der Waals surface area contributed by atoms with E-state index < -0.39 is 40.2 Å². The molecule has 0 aromatic heterocycles. The van der Waals surface area contributed by atoms with E-state index in [-0.39, 0.29) is 37.4 Å². The monoisotopic (exact) mass is 464 g/mol. The Hall–Kier alpha value is -2.98. The number of esters is 1. The Balaban J connectivity index is 1.44. The molecule has 0 saturated carbocycles. The third kappa shape index (κ3) is 5.83. The van der Waals surface area contributed by atoms with Gasteiger partial charge in [-0.3, -0.25) is 9.59 Å². The minimum absolute atomic E-state index is 0.00615. The summed E-state index contributed by atoms with van der Waals surface area (Å²) >= 11 is 0. The summed E-state index contributed by atoms with van der Waals surface area (Å²) in [5.74, 6) is -1.34. The molecule has 0 atom stereocenters. The number of ether oxygens (including phenoxy) is 2. The Morgan fingerprint density at radius 3 is 2.41 bits per heavy atom. The summed E-state index contributed by atoms with van der Waals surface area (Å²) in [5, 5.41) is 2.67. The number of sulfonamides is 1. The first kappa shape index (κ1) is 23.7. The Bertz CT molecular complexity index is 1050. The van der Waals surface area contributed by atoms with Crippen molar-refractivity contribution in [1.82, 2.24) is 9.62 Å². The molecule has 1 fully saturated rings. The molecule has 1 aliphatic heterocycles. The van der Waals surface area contributed by atoms with E-state index >= 15 is 0 Å². The van der Waals surface area contributed by atoms with Gasteiger partial charge in [0, 0.05) is 25.2 Å². The number of nitrogens with one attached hydrogen (secondary N) is 1. The van der Waals surface area contributed by atoms with Crippen molar-refractivity contribution in [3.05, 3.63) is 59.9 Å². The molecule has 1 amide bonds. The summed E-state index contributed by atoms with van der Waals surface area (Å²) in [6.45, 7) is 0.0983. The van der Waals surface area contributed by atoms with Crippen molar-refractivity contribution in [2.24, 2.45) is 5.92 Å². The van der Waals surface area contributed by atoms with E-state index in [4.69, 9.17) is 9.47 Å². The molecule has 1 aliphatic rings. The Morgan fingerprint density at radius 1 is 1.09 bits per heavy atom. The van der Waals surface area contributed by atoms with Crippen LogP contribution in [0.5, 0.6) is 5.75 Å². The molecule has 0 bridgehead atoms. The molecule has 32 heavy (non-hydrogen) atoms. The topological polar surface area (TPSA) is 102 Å². The first-order chi connectivity index (χ1) is 15.3. The second-order valence-electron chi connectivity index (χ2n) is 7.33. The number of nitrogens with zero attached hydrogens (tertiary/aromatic N) is 1. The van der Waals surface area contributed by atoms with Gasteiger partial charge < -0.3 is 14.8 Å². The van der Waals surface area contributed by atoms with Crippen LogP contribution in [0.2, 0.25) is 0 Å². The highest BCUT2D eigenvalue weighted by Crippen LogP contribution is 2.25. The van der Waals surface area contributed by atoms with E-state index in [0.29, 0.717) is 5.75 Å². The number of piperidine rings is 1. The second-order valence-corrected chi connectivity index (χ2v) is 9.27. The van der Waals surface area contributed by atoms with E-state index in [1.54, 1.807) is 13.2 Å². The van der Waals surface area contributed by atoms with Crippen LogP contribution in [0.15, 0.2) is 53.4 Å². The van der Waals surface area contributed by atoms with Crippen molar-refractivity contribution in [2.45, 2.75) is 24.3 Å². The number of hydrogen-bond acceptors (Lipinski definition) is 6. The Kier molecular flexibility index (Phi) is 7.81. The number of amides is 1. The van der Waals surface area contributed by atoms with Crippen LogP contribution in [0.4, 0.5) is 4.39 Å². The van der Waals surface area contributed by atoms with Gasteiger partial charge in [0.15, 0.2) is 6.61 Å². The van der Waals surface area contributed by atoms with Crippen molar-refractivity contribution >= 4 is 21.9 Å². The van der Waals surface area contributed by atoms with Gasteiger partial charge in [0.1, 0.15) is 11.6 Å². The smallest absolute Gasteiger partial charge is 0.309 e. The summed E-state index contributed by atoms with van der Waals surface area (Å²) in [5.41, 5.74) is 0.796. The van der Waals surface area contributed by atoms with Gasteiger partial charge in [-0.05, 0) is 43.2 Å². The van der Waals surface area contributed by atoms with Gasteiger partial charge in [-0.25, -0.2) is 12.8 Å². The molecule has 1 saturated heterocycles. The summed E-state index contributed by atoms with van der Waals surface area (Å²) < 4.78 is 50.0. The van der Waals surface area contributed by atoms with Gasteiger partial charge in [-0.1, -0.05) is 18.2 Å². The Labute approximate surface area is 186 Å². The van der Waals surface area contributed by atoms with E-state index in [1.807, 2.05) is 18.2 Å². The minimum atomic E-state index is -3.75. The van der Waals surface area contributed by atoms with E-state index in [0.717, 1.165) is 17.7 Å². The normalized spacial score (nSPS) is 15.2. The fraction of sp³-hybridized carbons (Fsp3) is 0.364. The second kappa shape index (κ2) is 10.6. The number of halogens is 1. The number of carbonyl (C=O) groups is 2. The zero-order valence-electron chi connectivity index (χ0n) is 17.6. The van der Waals surface area contributed by atoms with Crippen molar-refractivity contribution in [3.8, 4) is 5.75 Å². The van der Waals surface area contributed by atoms with E-state index in [9.17, 15) is 22.4 Å². The van der Waals surface area contributed by atoms with Crippen LogP contribution in [0.1, 0.15) is 18.4 Å². The molecule has 2 aromatic rings. The number of carbonyl (C=O) groups excluding carboxylic acids is 2. The zero-order chi connectivity index (χ0) is 23.1. The van der Waals surface area contributed by atoms with Crippen LogP contribution < -0.4 is 10.1 Å². The molecule has 0 radical (unpaired) electrons. The molecule has 8 nitrogen and oxygen atoms in total. The third-order valence-electron chi connectivity index (χ3n) is 5.25. The molecule has 3 rings (SSSR count). The number of methoxy groups -OCH3 is 1. The van der Waals surface area contributed by atoms with Crippen molar-refractivity contribution in [3.63, 3.8) is 0 Å². The maximum Gasteiger partial charge on any atom is 0.309 e. The molecule has 0 spiro atoms. The van der Waals surface area contributed by atoms with Gasteiger partial charge in [0.05, 0.1) is 17.9 Å². The molecule has 1 heterocycles. The lowest BCUT2D eigenvalue weighted by atomic mass is 9.98. The number of para-hydroxylation sites is 1. The Morgan fingerprint density at radius 2 is 1.75 bits per heavy atom. The largest absolute Gasteiger partial charge is 0.496 e. The van der Waals surface area contributed by atoms with Crippen LogP contribution in [0.3, 0.4) is 0 Å². The first-order valence-corrected chi connectivity index (χ1v) is 11.6. The fourth-order valence-electron chi connectivity index (χ4n) is 3.44. The SMILES string of the molecule is COc1ccccc1CNC(=O)COC(=O)C1CCN(S(=O)(=O)c2ccc(F)cc2)CC1. The molecule has 2 aromatic carbocycles. The average Bonchev–Trinajstić information content (AvgIpc) is 2.81. The summed E-state index contributed by atoms with van der Waals surface area (Å²) in [4.78, 5) is 24.3. The minimum Gasteiger partial charge on any atom is -0.496 e. The first-order valence-electron chi connectivity index (χ1n) is 10.1. The summed E-state index contributed by atoms with van der Waals surface area (Å²) in [7, 11) is -2.21. The van der Waals surface area contributed by atoms with Crippen LogP contribution in [0, 0.1) is 11.7 Å². The van der Waals surface area contributed by atoms with Gasteiger partial charge >= 0.3 is 5.97 Å². The number of rotatable bonds is 8. The number of hydrogen-bond donors (Lipinski definition) is 1. The van der Waals surface area contributed by atoms with Crippen LogP contribution in [-0.4, -0.2) is 51.4 Å². The lowest BCUT2D eigenvalue weighted by Gasteiger charge is -2.30. The van der Waals surface area contributed by atoms with E-state index in [2.05, 4.69) is 5.32 Å². The fourth-order valence-corrected chi connectivity index (χ4v) is 4.91. The van der Waals surface area contributed by atoms with Gasteiger partial charge in [0.25, 0.3) is 5.91 Å². The molecule has 0 aliphatic carbocycles. The standard InChI is InChI=1S/C22H25FN2O6S/c1-30-20-5-3-2-4-17(20)14-24-21(26)15-31-22(27)16-10-12-25(13-11-16)32(28,29)19-8-6-18(23)7-9-19/h2-9,16H,10-15H2,1H3,(H,24,26). The van der Waals surface area contributed by atoms with Crippen LogP contribution in [0.25, 0.3) is 0 Å². The van der Waals surface area contributed by atoms with Gasteiger partial charge in [-0.15, -0.1) is 0 Å². The molecule has 1 N–H and O–H groups in total. The third-order valence-corrected chi connectivity index (χ3v) is 7.17. The maximum absolute atomic E-state index is 13.1. The highest BCUT2D eigenvalue weighted by atomic mass is 32.2. The van der Waals surface area contributed by atoms with E-state index in [1.165, 1.54) is 16.4 Å². The van der Waals surface area contributed by atoms with Crippen LogP contribution in [-0.2, 0) is 30.9 Å². The zero-order valence-corrected chi connectivity index (χ0v) is 18.4. The van der Waals surface area contributed by atoms with Crippen LogP contribution >= 0.6 is 0 Å². The lowest BCUT2D eigenvalue weighted by Crippen LogP contribution is -2.41. The molecular weight excluding hydrogens is 439 g/mol. The van der Waals surface area contributed by atoms with Crippen molar-refractivity contribution in [1.29, 1.82) is 0 Å². The molecule has 0 unspecified atom stereocenters. The summed E-state index contributed by atoms with van der Waals surface area (Å²) in [6.07, 6.45) is 0.560. The summed E-state index contributed by atoms with van der Waals surface area (Å²) in [6, 6.07) is 11.9. The lowest BCUT2D eigenvalue weighted by molar-refractivity contribution is -0.153. The average molecular weight is 465 g/mol. The molecule has 172 valence electrons. The predicted molar refractivity (Wildman–Crippen MR) is 114 cm³/mol. The van der Waals surface area contributed by atoms with Gasteiger partial charge in [-0.2, -0.15) is 4.31 Å². The highest BCUT2D eigenvalue weighted by Gasteiger charge is 2.33. The highest BCUT2D eigenvalue weighted by molar-refractivity contribution is 7.89. The predicted octanol–water partition coefficient (Wildman–Crippen LogP) is 2.09. The van der Waals surface area contributed by atoms with Crippen molar-refractivity contribution in [2.75, 3.05) is 26.8 Å². The maximum atomic E-state index is 13.1. The molecule has 10 heteroatoms. The number of benzene rings is 2.